The average Bonchev–Trinajstić information content (AvgIpc) is 2.81. The van der Waals surface area contributed by atoms with Crippen molar-refractivity contribution in [2.75, 3.05) is 13.7 Å². The van der Waals surface area contributed by atoms with Crippen LogP contribution in [-0.4, -0.2) is 42.0 Å². The van der Waals surface area contributed by atoms with Crippen molar-refractivity contribution in [3.05, 3.63) is 0 Å². The van der Waals surface area contributed by atoms with E-state index in [0.717, 1.165) is 0 Å². The zero-order chi connectivity index (χ0) is 10.2. The van der Waals surface area contributed by atoms with Crippen molar-refractivity contribution >= 4 is 11.9 Å². The van der Waals surface area contributed by atoms with Crippen LogP contribution in [0.25, 0.3) is 0 Å². The first-order valence-corrected chi connectivity index (χ1v) is 4.05. The molecule has 0 saturated carbocycles. The fraction of sp³-hybridized carbons (Fsp3) is 0.750. The van der Waals surface area contributed by atoms with Crippen LogP contribution in [0.3, 0.4) is 0 Å². The Balaban J connectivity index is 2.64. The molecule has 1 rings (SSSR count). The molecule has 2 N–H and O–H groups in total. The standard InChI is InChI=1S/C8H14N2O3/c1-8(2,7(12)13-3)10-4-5(10)6(9)11/h5H,4H2,1-3H3,(H2,9,11)/t5-,10?/m0/s1. The SMILES string of the molecule is COC(=O)C(C)(C)N1C[C@H]1C(N)=O. The first-order valence-electron chi connectivity index (χ1n) is 4.05. The van der Waals surface area contributed by atoms with Crippen LogP contribution in [0.2, 0.25) is 0 Å². The highest BCUT2D eigenvalue weighted by molar-refractivity contribution is 5.87. The topological polar surface area (TPSA) is 72.4 Å². The van der Waals surface area contributed by atoms with Gasteiger partial charge in [-0.1, -0.05) is 0 Å². The minimum Gasteiger partial charge on any atom is -0.468 e. The van der Waals surface area contributed by atoms with Gasteiger partial charge in [0.1, 0.15) is 11.6 Å². The summed E-state index contributed by atoms with van der Waals surface area (Å²) < 4.78 is 4.61. The van der Waals surface area contributed by atoms with Crippen molar-refractivity contribution < 1.29 is 14.3 Å². The molecule has 1 amide bonds. The van der Waals surface area contributed by atoms with Crippen LogP contribution in [0.15, 0.2) is 0 Å². The third kappa shape index (κ3) is 1.65. The number of nitrogens with two attached hydrogens (primary N) is 1. The number of primary amides is 1. The van der Waals surface area contributed by atoms with E-state index >= 15 is 0 Å². The number of hydrogen-bond acceptors (Lipinski definition) is 4. The summed E-state index contributed by atoms with van der Waals surface area (Å²) in [7, 11) is 1.33. The van der Waals surface area contributed by atoms with Gasteiger partial charge in [0, 0.05) is 6.54 Å². The Kier molecular flexibility index (Phi) is 2.30. The number of carbonyl (C=O) groups excluding carboxylic acids is 2. The molecule has 2 atom stereocenters. The first-order chi connectivity index (χ1) is 5.91. The molecule has 5 nitrogen and oxygen atoms in total. The lowest BCUT2D eigenvalue weighted by atomic mass is 10.1. The first kappa shape index (κ1) is 9.98. The molecule has 0 aromatic heterocycles. The third-order valence-corrected chi connectivity index (χ3v) is 2.34. The summed E-state index contributed by atoms with van der Waals surface area (Å²) in [4.78, 5) is 23.7. The molecule has 0 radical (unpaired) electrons. The molecule has 1 fully saturated rings. The third-order valence-electron chi connectivity index (χ3n) is 2.34. The van der Waals surface area contributed by atoms with Crippen LogP contribution in [-0.2, 0) is 14.3 Å². The Morgan fingerprint density at radius 3 is 2.38 bits per heavy atom. The number of carbonyl (C=O) groups is 2. The van der Waals surface area contributed by atoms with Gasteiger partial charge in [0.15, 0.2) is 0 Å². The molecule has 1 unspecified atom stereocenters. The summed E-state index contributed by atoms with van der Waals surface area (Å²) in [5.41, 5.74) is 4.34. The summed E-state index contributed by atoms with van der Waals surface area (Å²) in [6, 6.07) is -0.311. The van der Waals surface area contributed by atoms with E-state index in [1.54, 1.807) is 18.7 Å². The lowest BCUT2D eigenvalue weighted by molar-refractivity contribution is -0.150. The van der Waals surface area contributed by atoms with Crippen molar-refractivity contribution in [1.82, 2.24) is 4.90 Å². The minimum atomic E-state index is -0.756. The van der Waals surface area contributed by atoms with Crippen LogP contribution >= 0.6 is 0 Å². The maximum atomic E-state index is 11.3. The second-order valence-electron chi connectivity index (χ2n) is 3.62. The average molecular weight is 186 g/mol. The lowest BCUT2D eigenvalue weighted by Crippen LogP contribution is -2.43. The zero-order valence-corrected chi connectivity index (χ0v) is 8.03. The lowest BCUT2D eigenvalue weighted by Gasteiger charge is -2.23. The smallest absolute Gasteiger partial charge is 0.325 e. The number of ether oxygens (including phenoxy) is 1. The van der Waals surface area contributed by atoms with Gasteiger partial charge in [0.25, 0.3) is 0 Å². The molecule has 0 bridgehead atoms. The van der Waals surface area contributed by atoms with Gasteiger partial charge >= 0.3 is 5.97 Å². The van der Waals surface area contributed by atoms with Gasteiger partial charge in [-0.2, -0.15) is 0 Å². The molecule has 1 heterocycles. The van der Waals surface area contributed by atoms with Crippen molar-refractivity contribution in [1.29, 1.82) is 0 Å². The normalized spacial score (nSPS) is 26.7. The number of hydrogen-bond donors (Lipinski definition) is 1. The molecule has 13 heavy (non-hydrogen) atoms. The Bertz CT molecular complexity index is 250. The summed E-state index contributed by atoms with van der Waals surface area (Å²) in [5.74, 6) is -0.742. The number of esters is 1. The van der Waals surface area contributed by atoms with E-state index in [-0.39, 0.29) is 12.0 Å². The summed E-state index contributed by atoms with van der Waals surface area (Å²) in [5, 5.41) is 0. The van der Waals surface area contributed by atoms with E-state index in [9.17, 15) is 9.59 Å². The zero-order valence-electron chi connectivity index (χ0n) is 8.03. The van der Waals surface area contributed by atoms with E-state index in [1.807, 2.05) is 0 Å². The number of methoxy groups -OCH3 is 1. The molecule has 0 aliphatic carbocycles. The van der Waals surface area contributed by atoms with E-state index in [2.05, 4.69) is 4.74 Å². The molecule has 0 spiro atoms. The Morgan fingerprint density at radius 2 is 2.08 bits per heavy atom. The molecule has 5 heteroatoms. The molecule has 0 aromatic rings. The molecule has 1 aliphatic rings. The van der Waals surface area contributed by atoms with Gasteiger partial charge in [-0.15, -0.1) is 0 Å². The van der Waals surface area contributed by atoms with E-state index in [4.69, 9.17) is 5.73 Å². The van der Waals surface area contributed by atoms with Gasteiger partial charge in [0.2, 0.25) is 5.91 Å². The highest BCUT2D eigenvalue weighted by Gasteiger charge is 2.52. The van der Waals surface area contributed by atoms with Gasteiger partial charge in [-0.05, 0) is 13.8 Å². The maximum Gasteiger partial charge on any atom is 0.325 e. The largest absolute Gasteiger partial charge is 0.468 e. The predicted octanol–water partition coefficient (Wildman–Crippen LogP) is -0.892. The Labute approximate surface area is 76.8 Å². The monoisotopic (exact) mass is 186 g/mol. The molecule has 74 valence electrons. The highest BCUT2D eigenvalue weighted by atomic mass is 16.5. The van der Waals surface area contributed by atoms with E-state index in [1.165, 1.54) is 7.11 Å². The van der Waals surface area contributed by atoms with Crippen molar-refractivity contribution in [2.45, 2.75) is 25.4 Å². The second-order valence-corrected chi connectivity index (χ2v) is 3.62. The van der Waals surface area contributed by atoms with Crippen molar-refractivity contribution in [3.8, 4) is 0 Å². The van der Waals surface area contributed by atoms with Crippen LogP contribution in [0.1, 0.15) is 13.8 Å². The van der Waals surface area contributed by atoms with Gasteiger partial charge < -0.3 is 10.5 Å². The Morgan fingerprint density at radius 1 is 1.54 bits per heavy atom. The summed E-state index contributed by atoms with van der Waals surface area (Å²) in [6.07, 6.45) is 0. The molecule has 1 saturated heterocycles. The van der Waals surface area contributed by atoms with Gasteiger partial charge in [0.05, 0.1) is 7.11 Å². The quantitative estimate of drug-likeness (QED) is 0.458. The van der Waals surface area contributed by atoms with E-state index < -0.39 is 11.4 Å². The van der Waals surface area contributed by atoms with Crippen LogP contribution < -0.4 is 5.73 Å². The molecule has 1 aliphatic heterocycles. The van der Waals surface area contributed by atoms with Gasteiger partial charge in [-0.3, -0.25) is 14.5 Å². The highest BCUT2D eigenvalue weighted by Crippen LogP contribution is 2.29. The summed E-state index contributed by atoms with van der Waals surface area (Å²) >= 11 is 0. The molecule has 0 aromatic carbocycles. The van der Waals surface area contributed by atoms with Crippen LogP contribution in [0, 0.1) is 0 Å². The summed E-state index contributed by atoms with van der Waals surface area (Å²) in [6.45, 7) is 3.96. The maximum absolute atomic E-state index is 11.3. The molecular formula is C8H14N2O3. The van der Waals surface area contributed by atoms with Crippen LogP contribution in [0.4, 0.5) is 0 Å². The fourth-order valence-electron chi connectivity index (χ4n) is 1.37. The van der Waals surface area contributed by atoms with E-state index in [0.29, 0.717) is 6.54 Å². The fourth-order valence-corrected chi connectivity index (χ4v) is 1.37. The minimum absolute atomic E-state index is 0.311. The van der Waals surface area contributed by atoms with Gasteiger partial charge in [-0.25, -0.2) is 0 Å². The number of nitrogens with zero attached hydrogens (tertiary/aromatic N) is 1. The second kappa shape index (κ2) is 2.99. The molecular weight excluding hydrogens is 172 g/mol. The van der Waals surface area contributed by atoms with Crippen LogP contribution in [0.5, 0.6) is 0 Å². The predicted molar refractivity (Wildman–Crippen MR) is 45.8 cm³/mol. The number of amides is 1. The number of rotatable bonds is 3. The van der Waals surface area contributed by atoms with Crippen molar-refractivity contribution in [3.63, 3.8) is 0 Å². The van der Waals surface area contributed by atoms with Crippen molar-refractivity contribution in [2.24, 2.45) is 5.73 Å². The Hall–Kier alpha value is -1.10.